The van der Waals surface area contributed by atoms with Gasteiger partial charge < -0.3 is 5.32 Å². The second kappa shape index (κ2) is 5.75. The molecular weight excluding hydrogens is 234 g/mol. The van der Waals surface area contributed by atoms with E-state index in [2.05, 4.69) is 15.3 Å². The number of aryl methyl sites for hydroxylation is 1. The first-order valence-electron chi connectivity index (χ1n) is 5.48. The van der Waals surface area contributed by atoms with Crippen molar-refractivity contribution < 1.29 is 0 Å². The zero-order chi connectivity index (χ0) is 12.1. The minimum absolute atomic E-state index is 0.717. The van der Waals surface area contributed by atoms with Gasteiger partial charge in [-0.25, -0.2) is 9.97 Å². The van der Waals surface area contributed by atoms with E-state index in [0.717, 1.165) is 28.6 Å². The first kappa shape index (κ1) is 12.0. The third-order valence-electron chi connectivity index (χ3n) is 2.41. The number of nitrogens with one attached hydrogen (secondary N) is 1. The van der Waals surface area contributed by atoms with Gasteiger partial charge in [-0.15, -0.1) is 0 Å². The molecule has 0 aliphatic rings. The molecule has 1 aromatic heterocycles. The molecule has 0 aliphatic heterocycles. The fourth-order valence-electron chi connectivity index (χ4n) is 1.57. The molecule has 4 heteroatoms. The first-order valence-corrected chi connectivity index (χ1v) is 5.86. The zero-order valence-electron chi connectivity index (χ0n) is 9.65. The molecule has 1 heterocycles. The fraction of sp³-hybridized carbons (Fsp3) is 0.231. The molecule has 0 unspecified atom stereocenters. The minimum Gasteiger partial charge on any atom is -0.307 e. The van der Waals surface area contributed by atoms with Gasteiger partial charge in [-0.05, 0) is 24.6 Å². The van der Waals surface area contributed by atoms with Crippen LogP contribution in [0.2, 0.25) is 5.02 Å². The van der Waals surface area contributed by atoms with Crippen molar-refractivity contribution in [2.75, 3.05) is 0 Å². The van der Waals surface area contributed by atoms with Crippen LogP contribution in [0.4, 0.5) is 0 Å². The minimum atomic E-state index is 0.717. The van der Waals surface area contributed by atoms with Crippen LogP contribution in [0.15, 0.2) is 36.5 Å². The van der Waals surface area contributed by atoms with Gasteiger partial charge in [0.25, 0.3) is 0 Å². The summed E-state index contributed by atoms with van der Waals surface area (Å²) in [4.78, 5) is 8.38. The SMILES string of the molecule is Cc1nccc(CNCc2ccccc2Cl)n1. The van der Waals surface area contributed by atoms with E-state index in [1.165, 1.54) is 0 Å². The lowest BCUT2D eigenvalue weighted by molar-refractivity contribution is 0.675. The number of aromatic nitrogens is 2. The van der Waals surface area contributed by atoms with Crippen LogP contribution in [0.3, 0.4) is 0 Å². The van der Waals surface area contributed by atoms with E-state index < -0.39 is 0 Å². The van der Waals surface area contributed by atoms with Crippen LogP contribution in [0.5, 0.6) is 0 Å². The van der Waals surface area contributed by atoms with Gasteiger partial charge in [0.2, 0.25) is 0 Å². The topological polar surface area (TPSA) is 37.8 Å². The van der Waals surface area contributed by atoms with E-state index in [4.69, 9.17) is 11.6 Å². The van der Waals surface area contributed by atoms with Gasteiger partial charge in [0.15, 0.2) is 0 Å². The average molecular weight is 248 g/mol. The molecule has 0 spiro atoms. The van der Waals surface area contributed by atoms with E-state index in [1.54, 1.807) is 6.20 Å². The molecule has 0 fully saturated rings. The van der Waals surface area contributed by atoms with Gasteiger partial charge in [0.1, 0.15) is 5.82 Å². The predicted molar refractivity (Wildman–Crippen MR) is 68.8 cm³/mol. The summed E-state index contributed by atoms with van der Waals surface area (Å²) in [6.45, 7) is 3.34. The van der Waals surface area contributed by atoms with E-state index in [1.807, 2.05) is 37.3 Å². The Hall–Kier alpha value is -1.45. The van der Waals surface area contributed by atoms with Crippen LogP contribution < -0.4 is 5.32 Å². The van der Waals surface area contributed by atoms with Crippen LogP contribution >= 0.6 is 11.6 Å². The molecule has 2 rings (SSSR count). The second-order valence-electron chi connectivity index (χ2n) is 3.79. The van der Waals surface area contributed by atoms with Gasteiger partial charge in [-0.1, -0.05) is 29.8 Å². The highest BCUT2D eigenvalue weighted by molar-refractivity contribution is 6.31. The molecule has 17 heavy (non-hydrogen) atoms. The Kier molecular flexibility index (Phi) is 4.07. The Bertz CT molecular complexity index is 500. The van der Waals surface area contributed by atoms with E-state index in [0.29, 0.717) is 6.54 Å². The average Bonchev–Trinajstić information content (AvgIpc) is 2.32. The van der Waals surface area contributed by atoms with Gasteiger partial charge in [0.05, 0.1) is 5.69 Å². The molecule has 0 radical (unpaired) electrons. The van der Waals surface area contributed by atoms with E-state index in [9.17, 15) is 0 Å². The summed E-state index contributed by atoms with van der Waals surface area (Å²) in [6, 6.07) is 9.73. The lowest BCUT2D eigenvalue weighted by Gasteiger charge is -2.06. The maximum absolute atomic E-state index is 6.07. The van der Waals surface area contributed by atoms with Crippen molar-refractivity contribution in [1.29, 1.82) is 0 Å². The Balaban J connectivity index is 1.90. The molecule has 0 bridgehead atoms. The Morgan fingerprint density at radius 3 is 2.76 bits per heavy atom. The van der Waals surface area contributed by atoms with Crippen molar-refractivity contribution in [3.8, 4) is 0 Å². The molecule has 1 N–H and O–H groups in total. The number of halogens is 1. The summed E-state index contributed by atoms with van der Waals surface area (Å²) in [5, 5.41) is 4.10. The van der Waals surface area contributed by atoms with Crippen LogP contribution in [0.25, 0.3) is 0 Å². The van der Waals surface area contributed by atoms with Gasteiger partial charge >= 0.3 is 0 Å². The van der Waals surface area contributed by atoms with Gasteiger partial charge in [0, 0.05) is 24.3 Å². The molecule has 0 amide bonds. The number of rotatable bonds is 4. The molecule has 0 saturated heterocycles. The summed E-state index contributed by atoms with van der Waals surface area (Å²) in [5.74, 6) is 0.794. The molecule has 88 valence electrons. The predicted octanol–water partition coefficient (Wildman–Crippen LogP) is 2.73. The summed E-state index contributed by atoms with van der Waals surface area (Å²) in [5.41, 5.74) is 2.09. The third kappa shape index (κ3) is 3.51. The molecular formula is C13H14ClN3. The lowest BCUT2D eigenvalue weighted by atomic mass is 10.2. The van der Waals surface area contributed by atoms with Crippen LogP contribution in [0.1, 0.15) is 17.1 Å². The number of hydrogen-bond acceptors (Lipinski definition) is 3. The number of hydrogen-bond donors (Lipinski definition) is 1. The summed E-state index contributed by atoms with van der Waals surface area (Å²) >= 11 is 6.07. The van der Waals surface area contributed by atoms with Crippen molar-refractivity contribution >= 4 is 11.6 Å². The standard InChI is InChI=1S/C13H14ClN3/c1-10-16-7-6-12(17-10)9-15-8-11-4-2-3-5-13(11)14/h2-7,15H,8-9H2,1H3. The van der Waals surface area contributed by atoms with Crippen LogP contribution in [0, 0.1) is 6.92 Å². The highest BCUT2D eigenvalue weighted by Crippen LogP contribution is 2.14. The third-order valence-corrected chi connectivity index (χ3v) is 2.78. The fourth-order valence-corrected chi connectivity index (χ4v) is 1.77. The molecule has 3 nitrogen and oxygen atoms in total. The zero-order valence-corrected chi connectivity index (χ0v) is 10.4. The lowest BCUT2D eigenvalue weighted by Crippen LogP contribution is -2.14. The molecule has 0 aliphatic carbocycles. The normalized spacial score (nSPS) is 10.5. The Morgan fingerprint density at radius 1 is 1.18 bits per heavy atom. The first-order chi connectivity index (χ1) is 8.25. The van der Waals surface area contributed by atoms with Crippen molar-refractivity contribution in [3.05, 3.63) is 58.6 Å². The smallest absolute Gasteiger partial charge is 0.125 e. The van der Waals surface area contributed by atoms with E-state index >= 15 is 0 Å². The Labute approximate surface area is 106 Å². The second-order valence-corrected chi connectivity index (χ2v) is 4.20. The van der Waals surface area contributed by atoms with Crippen LogP contribution in [-0.2, 0) is 13.1 Å². The van der Waals surface area contributed by atoms with Gasteiger partial charge in [-0.2, -0.15) is 0 Å². The Morgan fingerprint density at radius 2 is 2.00 bits per heavy atom. The highest BCUT2D eigenvalue weighted by atomic mass is 35.5. The van der Waals surface area contributed by atoms with Crippen LogP contribution in [-0.4, -0.2) is 9.97 Å². The molecule has 1 aromatic carbocycles. The van der Waals surface area contributed by atoms with Gasteiger partial charge in [-0.3, -0.25) is 0 Å². The summed E-state index contributed by atoms with van der Waals surface area (Å²) in [6.07, 6.45) is 1.77. The maximum atomic E-state index is 6.07. The number of benzene rings is 1. The largest absolute Gasteiger partial charge is 0.307 e. The summed E-state index contributed by atoms with van der Waals surface area (Å²) in [7, 11) is 0. The quantitative estimate of drug-likeness (QED) is 0.903. The van der Waals surface area contributed by atoms with E-state index in [-0.39, 0.29) is 0 Å². The number of nitrogens with zero attached hydrogens (tertiary/aromatic N) is 2. The maximum Gasteiger partial charge on any atom is 0.125 e. The molecule has 0 atom stereocenters. The molecule has 0 saturated carbocycles. The summed E-state index contributed by atoms with van der Waals surface area (Å²) < 4.78 is 0. The van der Waals surface area contributed by atoms with Crippen molar-refractivity contribution in [1.82, 2.24) is 15.3 Å². The van der Waals surface area contributed by atoms with Crippen molar-refractivity contribution in [3.63, 3.8) is 0 Å². The molecule has 2 aromatic rings. The van der Waals surface area contributed by atoms with Crippen molar-refractivity contribution in [2.45, 2.75) is 20.0 Å². The monoisotopic (exact) mass is 247 g/mol. The highest BCUT2D eigenvalue weighted by Gasteiger charge is 1.99. The van der Waals surface area contributed by atoms with Crippen molar-refractivity contribution in [2.24, 2.45) is 0 Å².